The molecular weight excluding hydrogens is 288 g/mol. The van der Waals surface area contributed by atoms with Crippen molar-refractivity contribution in [3.05, 3.63) is 65.2 Å². The molecule has 0 aliphatic rings. The van der Waals surface area contributed by atoms with E-state index in [1.165, 1.54) is 11.1 Å². The second-order valence-electron chi connectivity index (χ2n) is 5.53. The molecule has 0 bridgehead atoms. The number of hydrogen-bond donors (Lipinski definition) is 2. The van der Waals surface area contributed by atoms with Crippen LogP contribution in [0.25, 0.3) is 0 Å². The maximum Gasteiger partial charge on any atom is 0.317 e. The molecule has 0 aliphatic heterocycles. The lowest BCUT2D eigenvalue weighted by molar-refractivity contribution is 0.223. The number of carbonyl (C=O) groups is 1. The molecule has 0 radical (unpaired) electrons. The average Bonchev–Trinajstić information content (AvgIpc) is 2.55. The Morgan fingerprint density at radius 2 is 1.83 bits per heavy atom. The highest BCUT2D eigenvalue weighted by molar-refractivity contribution is 5.73. The molecule has 23 heavy (non-hydrogen) atoms. The Labute approximate surface area is 137 Å². The first-order valence-electron chi connectivity index (χ1n) is 7.96. The third-order valence-corrected chi connectivity index (χ3v) is 3.47. The molecule has 0 atom stereocenters. The van der Waals surface area contributed by atoms with Gasteiger partial charge in [0.05, 0.1) is 0 Å². The van der Waals surface area contributed by atoms with Crippen molar-refractivity contribution >= 4 is 6.03 Å². The van der Waals surface area contributed by atoms with Gasteiger partial charge in [0, 0.05) is 6.54 Å². The fourth-order valence-electron chi connectivity index (χ4n) is 2.29. The third kappa shape index (κ3) is 6.02. The van der Waals surface area contributed by atoms with Gasteiger partial charge in [-0.2, -0.15) is 0 Å². The van der Waals surface area contributed by atoms with Crippen LogP contribution in [0.2, 0.25) is 0 Å². The smallest absolute Gasteiger partial charge is 0.317 e. The van der Waals surface area contributed by atoms with Crippen LogP contribution in [0.3, 0.4) is 0 Å². The van der Waals surface area contributed by atoms with E-state index < -0.39 is 0 Å². The first kappa shape index (κ1) is 16.9. The van der Waals surface area contributed by atoms with Gasteiger partial charge in [-0.25, -0.2) is 4.79 Å². The molecule has 0 saturated heterocycles. The van der Waals surface area contributed by atoms with E-state index in [0.29, 0.717) is 6.54 Å². The molecule has 2 aromatic rings. The molecule has 2 N–H and O–H groups in total. The molecule has 4 heteroatoms. The fourth-order valence-corrected chi connectivity index (χ4v) is 2.29. The zero-order valence-electron chi connectivity index (χ0n) is 13.8. The second kappa shape index (κ2) is 8.83. The van der Waals surface area contributed by atoms with Crippen LogP contribution in [-0.4, -0.2) is 12.8 Å². The average molecular weight is 312 g/mol. The van der Waals surface area contributed by atoms with Gasteiger partial charge >= 0.3 is 6.03 Å². The van der Waals surface area contributed by atoms with E-state index >= 15 is 0 Å². The normalized spacial score (nSPS) is 10.2. The number of urea groups is 1. The van der Waals surface area contributed by atoms with Crippen molar-refractivity contribution in [2.45, 2.75) is 33.2 Å². The summed E-state index contributed by atoms with van der Waals surface area (Å²) in [4.78, 5) is 11.7. The topological polar surface area (TPSA) is 50.4 Å². The molecule has 2 aromatic carbocycles. The molecule has 4 nitrogen and oxygen atoms in total. The largest absolute Gasteiger partial charge is 0.473 e. The zero-order chi connectivity index (χ0) is 16.5. The number of benzene rings is 2. The molecule has 0 aliphatic carbocycles. The Kier molecular flexibility index (Phi) is 6.48. The number of amides is 2. The van der Waals surface area contributed by atoms with Gasteiger partial charge in [0.25, 0.3) is 0 Å². The van der Waals surface area contributed by atoms with Gasteiger partial charge in [0.2, 0.25) is 0 Å². The maximum atomic E-state index is 11.7. The van der Waals surface area contributed by atoms with E-state index in [-0.39, 0.29) is 12.8 Å². The van der Waals surface area contributed by atoms with Crippen molar-refractivity contribution in [2.75, 3.05) is 6.73 Å². The van der Waals surface area contributed by atoms with Gasteiger partial charge in [-0.15, -0.1) is 0 Å². The number of nitrogens with one attached hydrogen (secondary N) is 2. The Hall–Kier alpha value is -2.49. The molecule has 122 valence electrons. The molecular formula is C19H24N2O2. The Morgan fingerprint density at radius 3 is 2.52 bits per heavy atom. The maximum absolute atomic E-state index is 11.7. The summed E-state index contributed by atoms with van der Waals surface area (Å²) in [5.74, 6) is 0.754. The standard InChI is InChI=1S/C19H24N2O2/c1-3-5-16-8-10-18(11-9-16)23-14-21-19(22)20-13-17-7-4-6-15(2)12-17/h4,6-12H,3,5,13-14H2,1-2H3,(H2,20,21,22). The van der Waals surface area contributed by atoms with Crippen molar-refractivity contribution in [3.8, 4) is 5.75 Å². The summed E-state index contributed by atoms with van der Waals surface area (Å²) in [6.45, 7) is 4.83. The van der Waals surface area contributed by atoms with Crippen molar-refractivity contribution in [2.24, 2.45) is 0 Å². The van der Waals surface area contributed by atoms with E-state index in [2.05, 4.69) is 35.8 Å². The van der Waals surface area contributed by atoms with E-state index in [4.69, 9.17) is 4.74 Å². The molecule has 0 unspecified atom stereocenters. The van der Waals surface area contributed by atoms with Crippen LogP contribution in [0.1, 0.15) is 30.0 Å². The highest BCUT2D eigenvalue weighted by Gasteiger charge is 2.01. The number of ether oxygens (including phenoxy) is 1. The summed E-state index contributed by atoms with van der Waals surface area (Å²) in [6.07, 6.45) is 2.20. The number of rotatable bonds is 7. The minimum atomic E-state index is -0.242. The van der Waals surface area contributed by atoms with Crippen LogP contribution < -0.4 is 15.4 Å². The third-order valence-electron chi connectivity index (χ3n) is 3.47. The van der Waals surface area contributed by atoms with Crippen molar-refractivity contribution in [1.29, 1.82) is 0 Å². The fraction of sp³-hybridized carbons (Fsp3) is 0.316. The van der Waals surface area contributed by atoms with Crippen LogP contribution >= 0.6 is 0 Å². The summed E-state index contributed by atoms with van der Waals surface area (Å²) in [5, 5.41) is 5.49. The first-order chi connectivity index (χ1) is 11.2. The van der Waals surface area contributed by atoms with E-state index in [9.17, 15) is 4.79 Å². The molecule has 2 amide bonds. The van der Waals surface area contributed by atoms with Crippen LogP contribution in [0.15, 0.2) is 48.5 Å². The summed E-state index contributed by atoms with van der Waals surface area (Å²) in [5.41, 5.74) is 3.55. The summed E-state index contributed by atoms with van der Waals surface area (Å²) < 4.78 is 5.51. The van der Waals surface area contributed by atoms with E-state index in [1.807, 2.05) is 37.3 Å². The summed E-state index contributed by atoms with van der Waals surface area (Å²) >= 11 is 0. The SMILES string of the molecule is CCCc1ccc(OCNC(=O)NCc2cccc(C)c2)cc1. The van der Waals surface area contributed by atoms with Crippen LogP contribution in [0.4, 0.5) is 4.79 Å². The monoisotopic (exact) mass is 312 g/mol. The molecule has 0 fully saturated rings. The highest BCUT2D eigenvalue weighted by atomic mass is 16.5. The van der Waals surface area contributed by atoms with Crippen LogP contribution in [0, 0.1) is 6.92 Å². The number of hydrogen-bond acceptors (Lipinski definition) is 2. The Bertz CT molecular complexity index is 624. The van der Waals surface area contributed by atoms with Crippen molar-refractivity contribution in [1.82, 2.24) is 10.6 Å². The molecule has 0 aromatic heterocycles. The predicted molar refractivity (Wildman–Crippen MR) is 92.5 cm³/mol. The Balaban J connectivity index is 1.68. The van der Waals surface area contributed by atoms with Crippen molar-refractivity contribution < 1.29 is 9.53 Å². The lowest BCUT2D eigenvalue weighted by Crippen LogP contribution is -2.37. The molecule has 2 rings (SSSR count). The highest BCUT2D eigenvalue weighted by Crippen LogP contribution is 2.12. The van der Waals surface area contributed by atoms with Gasteiger partial charge in [-0.05, 0) is 36.6 Å². The van der Waals surface area contributed by atoms with Crippen LogP contribution in [0.5, 0.6) is 5.75 Å². The second-order valence-corrected chi connectivity index (χ2v) is 5.53. The first-order valence-corrected chi connectivity index (χ1v) is 7.96. The van der Waals surface area contributed by atoms with Gasteiger partial charge in [-0.3, -0.25) is 0 Å². The molecule has 0 heterocycles. The van der Waals surface area contributed by atoms with Gasteiger partial charge in [0.15, 0.2) is 6.73 Å². The Morgan fingerprint density at radius 1 is 1.04 bits per heavy atom. The van der Waals surface area contributed by atoms with E-state index in [0.717, 1.165) is 24.2 Å². The van der Waals surface area contributed by atoms with Crippen LogP contribution in [-0.2, 0) is 13.0 Å². The number of carbonyl (C=O) groups excluding carboxylic acids is 1. The van der Waals surface area contributed by atoms with Gasteiger partial charge in [-0.1, -0.05) is 55.3 Å². The van der Waals surface area contributed by atoms with Crippen molar-refractivity contribution in [3.63, 3.8) is 0 Å². The predicted octanol–water partition coefficient (Wildman–Crippen LogP) is 3.78. The minimum Gasteiger partial charge on any atom is -0.473 e. The van der Waals surface area contributed by atoms with E-state index in [1.54, 1.807) is 0 Å². The van der Waals surface area contributed by atoms with Gasteiger partial charge < -0.3 is 15.4 Å². The quantitative estimate of drug-likeness (QED) is 0.764. The summed E-state index contributed by atoms with van der Waals surface area (Å²) in [6, 6.07) is 15.8. The lowest BCUT2D eigenvalue weighted by Gasteiger charge is -2.10. The lowest BCUT2D eigenvalue weighted by atomic mass is 10.1. The number of aryl methyl sites for hydroxylation is 2. The van der Waals surface area contributed by atoms with Gasteiger partial charge in [0.1, 0.15) is 5.75 Å². The minimum absolute atomic E-state index is 0.146. The molecule has 0 saturated carbocycles. The molecule has 0 spiro atoms. The summed E-state index contributed by atoms with van der Waals surface area (Å²) in [7, 11) is 0. The zero-order valence-corrected chi connectivity index (χ0v) is 13.8.